The Morgan fingerprint density at radius 1 is 1.50 bits per heavy atom. The van der Waals surface area contributed by atoms with Gasteiger partial charge in [0.1, 0.15) is 5.75 Å². The Labute approximate surface area is 85.3 Å². The highest BCUT2D eigenvalue weighted by atomic mass is 16.5. The molecule has 0 heterocycles. The van der Waals surface area contributed by atoms with Gasteiger partial charge in [0.15, 0.2) is 0 Å². The third-order valence-corrected chi connectivity index (χ3v) is 2.18. The number of methoxy groups -OCH3 is 1. The van der Waals surface area contributed by atoms with Crippen LogP contribution in [0.4, 0.5) is 0 Å². The third kappa shape index (κ3) is 2.27. The summed E-state index contributed by atoms with van der Waals surface area (Å²) in [6.07, 6.45) is 5.97. The molecule has 1 aromatic rings. The van der Waals surface area contributed by atoms with Gasteiger partial charge in [0.2, 0.25) is 0 Å². The van der Waals surface area contributed by atoms with Gasteiger partial charge >= 0.3 is 0 Å². The topological polar surface area (TPSA) is 21.3 Å². The summed E-state index contributed by atoms with van der Waals surface area (Å²) in [5.74, 6) is 3.53. The largest absolute Gasteiger partial charge is 0.496 e. The summed E-state index contributed by atoms with van der Waals surface area (Å²) in [6.45, 7) is 0. The fourth-order valence-electron chi connectivity index (χ4n) is 1.44. The summed E-state index contributed by atoms with van der Waals surface area (Å²) >= 11 is 0. The maximum Gasteiger partial charge on any atom is 0.123 e. The molecule has 0 saturated heterocycles. The van der Waals surface area contributed by atoms with Crippen LogP contribution in [0.25, 0.3) is 0 Å². The first-order valence-electron chi connectivity index (χ1n) is 4.57. The molecule has 1 unspecified atom stereocenters. The molecule has 0 aliphatic rings. The number of benzene rings is 1. The lowest BCUT2D eigenvalue weighted by molar-refractivity contribution is 0.402. The van der Waals surface area contributed by atoms with E-state index in [2.05, 4.69) is 11.2 Å². The first-order chi connectivity index (χ1) is 6.83. The van der Waals surface area contributed by atoms with Gasteiger partial charge in [-0.2, -0.15) is 0 Å². The maximum absolute atomic E-state index is 5.30. The highest BCUT2D eigenvalue weighted by molar-refractivity contribution is 5.36. The van der Waals surface area contributed by atoms with E-state index in [-0.39, 0.29) is 6.04 Å². The summed E-state index contributed by atoms with van der Waals surface area (Å²) in [5.41, 5.74) is 1.11. The zero-order valence-electron chi connectivity index (χ0n) is 8.58. The van der Waals surface area contributed by atoms with Gasteiger partial charge in [-0.05, 0) is 13.1 Å². The Balaban J connectivity index is 2.97. The third-order valence-electron chi connectivity index (χ3n) is 2.18. The molecule has 0 amide bonds. The molecule has 0 aromatic heterocycles. The number of rotatable bonds is 4. The van der Waals surface area contributed by atoms with Gasteiger partial charge in [-0.15, -0.1) is 12.3 Å². The number of nitrogens with one attached hydrogen (secondary N) is 1. The van der Waals surface area contributed by atoms with Crippen molar-refractivity contribution in [1.29, 1.82) is 0 Å². The van der Waals surface area contributed by atoms with Crippen molar-refractivity contribution in [3.05, 3.63) is 29.8 Å². The maximum atomic E-state index is 5.30. The van der Waals surface area contributed by atoms with E-state index >= 15 is 0 Å². The van der Waals surface area contributed by atoms with Crippen LogP contribution < -0.4 is 10.1 Å². The van der Waals surface area contributed by atoms with E-state index < -0.39 is 0 Å². The summed E-state index contributed by atoms with van der Waals surface area (Å²) in [6, 6.07) is 8.06. The predicted octanol–water partition coefficient (Wildman–Crippen LogP) is 1.98. The van der Waals surface area contributed by atoms with Gasteiger partial charge in [-0.3, -0.25) is 0 Å². The Bertz CT molecular complexity index is 327. The molecule has 0 fully saturated rings. The lowest BCUT2D eigenvalue weighted by atomic mass is 10.0. The van der Waals surface area contributed by atoms with Crippen LogP contribution in [0.15, 0.2) is 24.3 Å². The Morgan fingerprint density at radius 2 is 2.21 bits per heavy atom. The molecule has 74 valence electrons. The van der Waals surface area contributed by atoms with Crippen molar-refractivity contribution in [3.8, 4) is 18.1 Å². The summed E-state index contributed by atoms with van der Waals surface area (Å²) < 4.78 is 5.27. The minimum Gasteiger partial charge on any atom is -0.496 e. The molecular weight excluding hydrogens is 174 g/mol. The van der Waals surface area contributed by atoms with Crippen molar-refractivity contribution in [3.63, 3.8) is 0 Å². The molecule has 1 atom stereocenters. The summed E-state index contributed by atoms with van der Waals surface area (Å²) in [7, 11) is 3.57. The number of hydrogen-bond acceptors (Lipinski definition) is 2. The molecule has 0 aliphatic heterocycles. The molecule has 1 aromatic carbocycles. The highest BCUT2D eigenvalue weighted by Crippen LogP contribution is 2.26. The second-order valence-corrected chi connectivity index (χ2v) is 2.99. The Kier molecular flexibility index (Phi) is 4.03. The molecular formula is C12H15NO. The highest BCUT2D eigenvalue weighted by Gasteiger charge is 2.11. The number of ether oxygens (including phenoxy) is 1. The molecule has 1 rings (SSSR count). The van der Waals surface area contributed by atoms with Crippen LogP contribution in [0, 0.1) is 12.3 Å². The number of para-hydroxylation sites is 1. The van der Waals surface area contributed by atoms with E-state index in [4.69, 9.17) is 11.2 Å². The molecule has 1 N–H and O–H groups in total. The smallest absolute Gasteiger partial charge is 0.123 e. The van der Waals surface area contributed by atoms with Crippen LogP contribution in [-0.4, -0.2) is 14.2 Å². The van der Waals surface area contributed by atoms with Crippen LogP contribution in [0.2, 0.25) is 0 Å². The predicted molar refractivity (Wildman–Crippen MR) is 58.2 cm³/mol. The normalized spacial score (nSPS) is 11.8. The minimum absolute atomic E-state index is 0.163. The van der Waals surface area contributed by atoms with Crippen LogP contribution in [0.1, 0.15) is 18.0 Å². The average molecular weight is 189 g/mol. The fraction of sp³-hybridized carbons (Fsp3) is 0.333. The summed E-state index contributed by atoms with van der Waals surface area (Å²) in [5, 5.41) is 3.17. The fourth-order valence-corrected chi connectivity index (χ4v) is 1.44. The van der Waals surface area contributed by atoms with Gasteiger partial charge in [0.25, 0.3) is 0 Å². The van der Waals surface area contributed by atoms with E-state index in [9.17, 15) is 0 Å². The van der Waals surface area contributed by atoms with Gasteiger partial charge in [0, 0.05) is 18.0 Å². The van der Waals surface area contributed by atoms with E-state index in [1.54, 1.807) is 7.11 Å². The van der Waals surface area contributed by atoms with E-state index in [0.717, 1.165) is 11.3 Å². The van der Waals surface area contributed by atoms with Crippen molar-refractivity contribution in [2.24, 2.45) is 0 Å². The second kappa shape index (κ2) is 5.31. The van der Waals surface area contributed by atoms with Gasteiger partial charge < -0.3 is 10.1 Å². The lowest BCUT2D eigenvalue weighted by Gasteiger charge is -2.16. The van der Waals surface area contributed by atoms with Gasteiger partial charge in [-0.1, -0.05) is 18.2 Å². The number of hydrogen-bond donors (Lipinski definition) is 1. The standard InChI is InChI=1S/C12H15NO/c1-4-7-11(13-2)10-8-5-6-9-12(10)14-3/h1,5-6,8-9,11,13H,7H2,2-3H3. The molecule has 0 saturated carbocycles. The number of terminal acetylenes is 1. The minimum atomic E-state index is 0.163. The quantitative estimate of drug-likeness (QED) is 0.731. The van der Waals surface area contributed by atoms with Crippen molar-refractivity contribution >= 4 is 0 Å². The molecule has 2 heteroatoms. The van der Waals surface area contributed by atoms with E-state index in [1.807, 2.05) is 31.3 Å². The molecule has 14 heavy (non-hydrogen) atoms. The Morgan fingerprint density at radius 3 is 2.79 bits per heavy atom. The zero-order valence-corrected chi connectivity index (χ0v) is 8.58. The monoisotopic (exact) mass is 189 g/mol. The molecule has 2 nitrogen and oxygen atoms in total. The van der Waals surface area contributed by atoms with Crippen LogP contribution in [0.3, 0.4) is 0 Å². The lowest BCUT2D eigenvalue weighted by Crippen LogP contribution is -2.16. The second-order valence-electron chi connectivity index (χ2n) is 2.99. The van der Waals surface area contributed by atoms with Crippen LogP contribution in [-0.2, 0) is 0 Å². The zero-order chi connectivity index (χ0) is 10.4. The van der Waals surface area contributed by atoms with E-state index in [0.29, 0.717) is 6.42 Å². The first kappa shape index (κ1) is 10.6. The summed E-state index contributed by atoms with van der Waals surface area (Å²) in [4.78, 5) is 0. The SMILES string of the molecule is C#CCC(NC)c1ccccc1OC. The first-order valence-corrected chi connectivity index (χ1v) is 4.57. The van der Waals surface area contributed by atoms with Crippen LogP contribution >= 0.6 is 0 Å². The Hall–Kier alpha value is -1.46. The van der Waals surface area contributed by atoms with Crippen molar-refractivity contribution in [1.82, 2.24) is 5.32 Å². The van der Waals surface area contributed by atoms with E-state index in [1.165, 1.54) is 0 Å². The molecule has 0 aliphatic carbocycles. The molecule has 0 bridgehead atoms. The average Bonchev–Trinajstić information content (AvgIpc) is 2.26. The molecule has 0 radical (unpaired) electrons. The molecule has 0 spiro atoms. The van der Waals surface area contributed by atoms with Crippen molar-refractivity contribution in [2.75, 3.05) is 14.2 Å². The van der Waals surface area contributed by atoms with Crippen molar-refractivity contribution in [2.45, 2.75) is 12.5 Å². The van der Waals surface area contributed by atoms with Crippen LogP contribution in [0.5, 0.6) is 5.75 Å². The van der Waals surface area contributed by atoms with Crippen molar-refractivity contribution < 1.29 is 4.74 Å². The van der Waals surface area contributed by atoms with Gasteiger partial charge in [0.05, 0.1) is 7.11 Å². The van der Waals surface area contributed by atoms with Gasteiger partial charge in [-0.25, -0.2) is 0 Å².